The summed E-state index contributed by atoms with van der Waals surface area (Å²) >= 11 is 0. The number of fused-ring (bicyclic) bond motifs is 1. The van der Waals surface area contributed by atoms with Crippen molar-refractivity contribution >= 4 is 16.8 Å². The summed E-state index contributed by atoms with van der Waals surface area (Å²) in [6.07, 6.45) is 8.00. The molecule has 0 radical (unpaired) electrons. The van der Waals surface area contributed by atoms with E-state index in [9.17, 15) is 4.79 Å². The van der Waals surface area contributed by atoms with Gasteiger partial charge in [0.05, 0.1) is 17.8 Å². The number of para-hydroxylation sites is 1. The minimum absolute atomic E-state index is 0.139. The van der Waals surface area contributed by atoms with Crippen molar-refractivity contribution in [1.29, 1.82) is 0 Å². The van der Waals surface area contributed by atoms with E-state index in [2.05, 4.69) is 12.0 Å². The molecule has 2 aliphatic carbocycles. The number of hydrogen-bond donors (Lipinski definition) is 0. The monoisotopic (exact) mass is 341 g/mol. The molecule has 4 rings (SSSR count). The Morgan fingerprint density at radius 1 is 1.36 bits per heavy atom. The molecule has 1 heterocycles. The van der Waals surface area contributed by atoms with Crippen LogP contribution in [0.2, 0.25) is 0 Å². The molecular formula is C20H27N3O2. The summed E-state index contributed by atoms with van der Waals surface area (Å²) in [5.74, 6) is 0.139. The third-order valence-electron chi connectivity index (χ3n) is 6.34. The fourth-order valence-corrected chi connectivity index (χ4v) is 4.96. The van der Waals surface area contributed by atoms with Crippen molar-refractivity contribution in [2.75, 3.05) is 13.7 Å². The number of nitrogens with zero attached hydrogens (tertiary/aromatic N) is 3. The van der Waals surface area contributed by atoms with Gasteiger partial charge in [0.25, 0.3) is 0 Å². The van der Waals surface area contributed by atoms with Crippen molar-refractivity contribution in [3.63, 3.8) is 0 Å². The second-order valence-corrected chi connectivity index (χ2v) is 7.50. The molecule has 5 nitrogen and oxygen atoms in total. The molecule has 134 valence electrons. The topological polar surface area (TPSA) is 47.4 Å². The van der Waals surface area contributed by atoms with Crippen LogP contribution in [0, 0.1) is 5.41 Å². The Kier molecular flexibility index (Phi) is 4.28. The fraction of sp³-hybridized carbons (Fsp3) is 0.600. The van der Waals surface area contributed by atoms with Crippen LogP contribution in [0.3, 0.4) is 0 Å². The molecule has 25 heavy (non-hydrogen) atoms. The zero-order chi connectivity index (χ0) is 17.4. The molecule has 0 N–H and O–H groups in total. The minimum atomic E-state index is 0.139. The predicted octanol–water partition coefficient (Wildman–Crippen LogP) is 3.23. The number of carbonyl (C=O) groups excluding carboxylic acids is 1. The lowest BCUT2D eigenvalue weighted by atomic mass is 9.60. The summed E-state index contributed by atoms with van der Waals surface area (Å²) in [5, 5.41) is 5.47. The third kappa shape index (κ3) is 2.65. The Bertz CT molecular complexity index is 763. The summed E-state index contributed by atoms with van der Waals surface area (Å²) in [6, 6.07) is 8.33. The summed E-state index contributed by atoms with van der Waals surface area (Å²) in [4.78, 5) is 14.9. The van der Waals surface area contributed by atoms with E-state index in [4.69, 9.17) is 4.74 Å². The number of benzene rings is 1. The minimum Gasteiger partial charge on any atom is -0.378 e. The second-order valence-electron chi connectivity index (χ2n) is 7.50. The number of carbonyl (C=O) groups is 1. The highest BCUT2D eigenvalue weighted by Gasteiger charge is 2.58. The average molecular weight is 341 g/mol. The molecule has 2 aromatic rings. The first-order chi connectivity index (χ1) is 12.2. The van der Waals surface area contributed by atoms with E-state index < -0.39 is 0 Å². The Hall–Kier alpha value is -1.88. The zero-order valence-corrected chi connectivity index (χ0v) is 15.1. The van der Waals surface area contributed by atoms with Crippen LogP contribution in [0.25, 0.3) is 10.9 Å². The summed E-state index contributed by atoms with van der Waals surface area (Å²) in [6.45, 7) is 3.12. The molecule has 2 aliphatic rings. The van der Waals surface area contributed by atoms with Gasteiger partial charge >= 0.3 is 0 Å². The maximum atomic E-state index is 12.9. The van der Waals surface area contributed by atoms with Crippen molar-refractivity contribution in [3.8, 4) is 0 Å². The number of amides is 1. The SMILES string of the molecule is CCO[C@H]1C[C@H](N(C)C(=O)Cn2ncc3ccccc32)C12CCCC2. The fourth-order valence-electron chi connectivity index (χ4n) is 4.96. The van der Waals surface area contributed by atoms with E-state index >= 15 is 0 Å². The van der Waals surface area contributed by atoms with Crippen molar-refractivity contribution in [1.82, 2.24) is 14.7 Å². The van der Waals surface area contributed by atoms with Crippen molar-refractivity contribution in [3.05, 3.63) is 30.5 Å². The van der Waals surface area contributed by atoms with Gasteiger partial charge in [-0.05, 0) is 32.3 Å². The van der Waals surface area contributed by atoms with Gasteiger partial charge in [0.1, 0.15) is 6.54 Å². The van der Waals surface area contributed by atoms with Crippen molar-refractivity contribution in [2.45, 2.75) is 57.7 Å². The smallest absolute Gasteiger partial charge is 0.244 e. The second kappa shape index (κ2) is 6.45. The highest BCUT2D eigenvalue weighted by atomic mass is 16.5. The number of likely N-dealkylation sites (N-methyl/N-ethyl adjacent to an activating group) is 1. The first-order valence-corrected chi connectivity index (χ1v) is 9.43. The van der Waals surface area contributed by atoms with Crippen LogP contribution in [0.4, 0.5) is 0 Å². The van der Waals surface area contributed by atoms with Gasteiger partial charge in [0.15, 0.2) is 0 Å². The van der Waals surface area contributed by atoms with E-state index in [0.29, 0.717) is 18.7 Å². The molecule has 0 bridgehead atoms. The molecule has 2 fully saturated rings. The summed E-state index contributed by atoms with van der Waals surface area (Å²) in [7, 11) is 1.96. The van der Waals surface area contributed by atoms with Gasteiger partial charge in [-0.3, -0.25) is 9.48 Å². The lowest BCUT2D eigenvalue weighted by molar-refractivity contribution is -0.172. The quantitative estimate of drug-likeness (QED) is 0.839. The number of hydrogen-bond acceptors (Lipinski definition) is 3. The molecule has 1 amide bonds. The molecule has 5 heteroatoms. The standard InChI is InChI=1S/C20H27N3O2/c1-3-25-18-12-17(20(18)10-6-7-11-20)22(2)19(24)14-23-16-9-5-4-8-15(16)13-21-23/h4-5,8-9,13,17-18H,3,6-7,10-12,14H2,1-2H3/t17-,18-/m0/s1. The molecule has 0 saturated heterocycles. The van der Waals surface area contributed by atoms with Crippen LogP contribution in [-0.4, -0.2) is 46.4 Å². The van der Waals surface area contributed by atoms with Crippen LogP contribution in [0.1, 0.15) is 39.0 Å². The molecular weight excluding hydrogens is 314 g/mol. The molecule has 1 aromatic heterocycles. The normalized spacial score (nSPS) is 24.6. The van der Waals surface area contributed by atoms with Gasteiger partial charge in [-0.15, -0.1) is 0 Å². The van der Waals surface area contributed by atoms with Gasteiger partial charge in [0, 0.05) is 30.5 Å². The Morgan fingerprint density at radius 3 is 2.88 bits per heavy atom. The van der Waals surface area contributed by atoms with Gasteiger partial charge in [-0.1, -0.05) is 31.0 Å². The van der Waals surface area contributed by atoms with Crippen molar-refractivity contribution < 1.29 is 9.53 Å². The predicted molar refractivity (Wildman–Crippen MR) is 97.2 cm³/mol. The average Bonchev–Trinajstić information content (AvgIpc) is 3.27. The maximum absolute atomic E-state index is 12.9. The summed E-state index contributed by atoms with van der Waals surface area (Å²) in [5.41, 5.74) is 1.20. The first kappa shape index (κ1) is 16.6. The Morgan fingerprint density at radius 2 is 2.12 bits per heavy atom. The highest BCUT2D eigenvalue weighted by Crippen LogP contribution is 2.56. The maximum Gasteiger partial charge on any atom is 0.244 e. The Balaban J connectivity index is 1.49. The van der Waals surface area contributed by atoms with Gasteiger partial charge in [-0.25, -0.2) is 0 Å². The van der Waals surface area contributed by atoms with E-state index in [1.54, 1.807) is 0 Å². The van der Waals surface area contributed by atoms with Gasteiger partial charge in [-0.2, -0.15) is 5.10 Å². The van der Waals surface area contributed by atoms with E-state index in [1.807, 2.05) is 47.1 Å². The lowest BCUT2D eigenvalue weighted by Gasteiger charge is -2.57. The van der Waals surface area contributed by atoms with E-state index in [1.165, 1.54) is 25.7 Å². The van der Waals surface area contributed by atoms with E-state index in [-0.39, 0.29) is 11.3 Å². The molecule has 0 unspecified atom stereocenters. The van der Waals surface area contributed by atoms with Crippen LogP contribution in [0.15, 0.2) is 30.5 Å². The molecule has 2 atom stereocenters. The highest BCUT2D eigenvalue weighted by molar-refractivity contribution is 5.82. The number of ether oxygens (including phenoxy) is 1. The third-order valence-corrected chi connectivity index (χ3v) is 6.34. The summed E-state index contributed by atoms with van der Waals surface area (Å²) < 4.78 is 7.80. The van der Waals surface area contributed by atoms with Crippen LogP contribution in [0.5, 0.6) is 0 Å². The van der Waals surface area contributed by atoms with Crippen LogP contribution in [-0.2, 0) is 16.1 Å². The Labute approximate surface area is 148 Å². The van der Waals surface area contributed by atoms with Crippen LogP contribution >= 0.6 is 0 Å². The lowest BCUT2D eigenvalue weighted by Crippen LogP contribution is -2.64. The largest absolute Gasteiger partial charge is 0.378 e. The zero-order valence-electron chi connectivity index (χ0n) is 15.1. The first-order valence-electron chi connectivity index (χ1n) is 9.43. The number of aromatic nitrogens is 2. The van der Waals surface area contributed by atoms with Gasteiger partial charge < -0.3 is 9.64 Å². The molecule has 1 aromatic carbocycles. The molecule has 2 saturated carbocycles. The molecule has 1 spiro atoms. The van der Waals surface area contributed by atoms with Gasteiger partial charge in [0.2, 0.25) is 5.91 Å². The molecule has 0 aliphatic heterocycles. The number of rotatable bonds is 5. The van der Waals surface area contributed by atoms with Crippen LogP contribution < -0.4 is 0 Å². The van der Waals surface area contributed by atoms with Crippen molar-refractivity contribution in [2.24, 2.45) is 5.41 Å². The van der Waals surface area contributed by atoms with E-state index in [0.717, 1.165) is 23.9 Å².